The number of furan rings is 1. The van der Waals surface area contributed by atoms with E-state index in [1.165, 1.54) is 6.42 Å². The molecule has 1 N–H and O–H groups in total. The Morgan fingerprint density at radius 3 is 2.48 bits per heavy atom. The zero-order chi connectivity index (χ0) is 28.0. The van der Waals surface area contributed by atoms with Crippen LogP contribution < -0.4 is 15.1 Å². The highest BCUT2D eigenvalue weighted by atomic mass is 35.5. The number of pyridine rings is 1. The summed E-state index contributed by atoms with van der Waals surface area (Å²) in [6, 6.07) is 21.6. The number of piperidine rings is 1. The zero-order valence-electron chi connectivity index (χ0n) is 22.8. The lowest BCUT2D eigenvalue weighted by Crippen LogP contribution is -2.38. The van der Waals surface area contributed by atoms with E-state index in [1.807, 2.05) is 61.5 Å². The van der Waals surface area contributed by atoms with E-state index in [2.05, 4.69) is 46.1 Å². The molecule has 4 heterocycles. The van der Waals surface area contributed by atoms with E-state index in [9.17, 15) is 0 Å². The monoisotopic (exact) mass is 590 g/mol. The Balaban J connectivity index is 1.40. The molecule has 0 amide bonds. The molecule has 0 saturated carbocycles. The van der Waals surface area contributed by atoms with Gasteiger partial charge in [-0.05, 0) is 91.5 Å². The van der Waals surface area contributed by atoms with Crippen LogP contribution in [0.4, 0.5) is 11.4 Å². The topological polar surface area (TPSA) is 44.5 Å². The standard InChI is InChI=1S/C32H32Cl2N4OS/c1-19-15-20(2)18-37(17-19)27-11-10-22(16-25(27)34)38-31(30(36-32(38)40)26-9-4-5-14-35-26)29-13-12-28(39-29)23-7-6-8-24(33)21(23)3/h4-14,16,19-20,30-31H,15,17-18H2,1-3H3,(H,36,40)/t19-,20-,30+,31-/m1/s1. The minimum atomic E-state index is -0.271. The Morgan fingerprint density at radius 2 is 1.75 bits per heavy atom. The van der Waals surface area contributed by atoms with Gasteiger partial charge in [-0.3, -0.25) is 4.98 Å². The smallest absolute Gasteiger partial charge is 0.174 e. The molecule has 2 aromatic heterocycles. The number of rotatable bonds is 5. The molecule has 4 aromatic rings. The maximum atomic E-state index is 6.97. The van der Waals surface area contributed by atoms with E-state index in [1.54, 1.807) is 6.20 Å². The molecule has 5 nitrogen and oxygen atoms in total. The summed E-state index contributed by atoms with van der Waals surface area (Å²) in [5.41, 5.74) is 4.80. The Labute approximate surface area is 251 Å². The van der Waals surface area contributed by atoms with Crippen LogP contribution in [0.1, 0.15) is 49.4 Å². The SMILES string of the molecule is Cc1c(Cl)cccc1-c1ccc([C@@H]2[C@H](c3ccccn3)NC(=S)N2c2ccc(N3C[C@H](C)C[C@@H](C)C3)c(Cl)c2)o1. The Morgan fingerprint density at radius 1 is 0.950 bits per heavy atom. The number of nitrogens with one attached hydrogen (secondary N) is 1. The average molecular weight is 592 g/mol. The molecule has 0 bridgehead atoms. The van der Waals surface area contributed by atoms with Gasteiger partial charge in [0, 0.05) is 35.6 Å². The molecule has 6 rings (SSSR count). The summed E-state index contributed by atoms with van der Waals surface area (Å²) in [5.74, 6) is 2.80. The van der Waals surface area contributed by atoms with Crippen molar-refractivity contribution >= 4 is 51.9 Å². The van der Waals surface area contributed by atoms with Gasteiger partial charge in [0.05, 0.1) is 22.4 Å². The first-order valence-corrected chi connectivity index (χ1v) is 14.9. The van der Waals surface area contributed by atoms with E-state index >= 15 is 0 Å². The molecule has 2 aromatic carbocycles. The van der Waals surface area contributed by atoms with Crippen LogP contribution in [0.2, 0.25) is 10.0 Å². The van der Waals surface area contributed by atoms with Crippen LogP contribution in [0.15, 0.2) is 77.3 Å². The van der Waals surface area contributed by atoms with Gasteiger partial charge in [-0.1, -0.05) is 55.2 Å². The normalized spacial score (nSPS) is 23.0. The first kappa shape index (κ1) is 27.1. The van der Waals surface area contributed by atoms with Crippen LogP contribution in [0.5, 0.6) is 0 Å². The van der Waals surface area contributed by atoms with Crippen molar-refractivity contribution in [3.63, 3.8) is 0 Å². The molecule has 0 aliphatic carbocycles. The molecule has 0 unspecified atom stereocenters. The van der Waals surface area contributed by atoms with E-state index in [-0.39, 0.29) is 12.1 Å². The van der Waals surface area contributed by atoms with Crippen molar-refractivity contribution in [2.24, 2.45) is 11.8 Å². The molecule has 0 radical (unpaired) electrons. The summed E-state index contributed by atoms with van der Waals surface area (Å²) >= 11 is 19.3. The summed E-state index contributed by atoms with van der Waals surface area (Å²) in [4.78, 5) is 9.16. The number of hydrogen-bond acceptors (Lipinski definition) is 4. The summed E-state index contributed by atoms with van der Waals surface area (Å²) in [6.07, 6.45) is 3.05. The third-order valence-corrected chi connectivity index (χ3v) is 9.00. The second kappa shape index (κ2) is 11.1. The largest absolute Gasteiger partial charge is 0.459 e. The minimum absolute atomic E-state index is 0.213. The van der Waals surface area contributed by atoms with Gasteiger partial charge in [-0.25, -0.2) is 0 Å². The van der Waals surface area contributed by atoms with E-state index in [0.717, 1.165) is 57.8 Å². The van der Waals surface area contributed by atoms with Crippen LogP contribution in [0.25, 0.3) is 11.3 Å². The van der Waals surface area contributed by atoms with Crippen molar-refractivity contribution in [1.82, 2.24) is 10.3 Å². The van der Waals surface area contributed by atoms with Crippen LogP contribution in [-0.4, -0.2) is 23.2 Å². The summed E-state index contributed by atoms with van der Waals surface area (Å²) in [5, 5.41) is 5.53. The second-order valence-corrected chi connectivity index (χ2v) is 12.3. The van der Waals surface area contributed by atoms with E-state index < -0.39 is 0 Å². The zero-order valence-corrected chi connectivity index (χ0v) is 25.1. The molecule has 206 valence electrons. The Hall–Kier alpha value is -3.06. The summed E-state index contributed by atoms with van der Waals surface area (Å²) < 4.78 is 6.55. The maximum absolute atomic E-state index is 6.97. The van der Waals surface area contributed by atoms with Crippen LogP contribution >= 0.6 is 35.4 Å². The minimum Gasteiger partial charge on any atom is -0.459 e. The lowest BCUT2D eigenvalue weighted by atomic mass is 9.91. The first-order chi connectivity index (χ1) is 19.3. The molecule has 4 atom stereocenters. The van der Waals surface area contributed by atoms with Gasteiger partial charge >= 0.3 is 0 Å². The predicted molar refractivity (Wildman–Crippen MR) is 168 cm³/mol. The molecule has 2 aliphatic rings. The number of nitrogens with zero attached hydrogens (tertiary/aromatic N) is 3. The highest BCUT2D eigenvalue weighted by Gasteiger charge is 2.43. The van der Waals surface area contributed by atoms with Crippen molar-refractivity contribution in [1.29, 1.82) is 0 Å². The maximum Gasteiger partial charge on any atom is 0.174 e. The van der Waals surface area contributed by atoms with Crippen molar-refractivity contribution in [2.75, 3.05) is 22.9 Å². The number of benzene rings is 2. The Bertz CT molecular complexity index is 1530. The average Bonchev–Trinajstić information content (AvgIpc) is 3.54. The fourth-order valence-corrected chi connectivity index (χ4v) is 7.03. The lowest BCUT2D eigenvalue weighted by molar-refractivity contribution is 0.357. The molecular weight excluding hydrogens is 559 g/mol. The third kappa shape index (κ3) is 5.09. The second-order valence-electron chi connectivity index (χ2n) is 11.1. The molecule has 0 spiro atoms. The van der Waals surface area contributed by atoms with Crippen molar-refractivity contribution < 1.29 is 4.42 Å². The number of aromatic nitrogens is 1. The predicted octanol–water partition coefficient (Wildman–Crippen LogP) is 8.62. The van der Waals surface area contributed by atoms with E-state index in [0.29, 0.717) is 22.0 Å². The molecule has 2 aliphatic heterocycles. The van der Waals surface area contributed by atoms with Crippen molar-refractivity contribution in [3.8, 4) is 11.3 Å². The van der Waals surface area contributed by atoms with Gasteiger partial charge in [-0.15, -0.1) is 0 Å². The van der Waals surface area contributed by atoms with Gasteiger partial charge in [0.25, 0.3) is 0 Å². The lowest BCUT2D eigenvalue weighted by Gasteiger charge is -2.37. The third-order valence-electron chi connectivity index (χ3n) is 7.97. The molecule has 8 heteroatoms. The fraction of sp³-hybridized carbons (Fsp3) is 0.312. The van der Waals surface area contributed by atoms with Gasteiger partial charge in [0.15, 0.2) is 5.11 Å². The van der Waals surface area contributed by atoms with Crippen molar-refractivity contribution in [3.05, 3.63) is 100.0 Å². The van der Waals surface area contributed by atoms with E-state index in [4.69, 9.17) is 39.8 Å². The van der Waals surface area contributed by atoms with Crippen LogP contribution in [0, 0.1) is 18.8 Å². The first-order valence-electron chi connectivity index (χ1n) is 13.7. The van der Waals surface area contributed by atoms with Gasteiger partial charge in [0.2, 0.25) is 0 Å². The summed E-state index contributed by atoms with van der Waals surface area (Å²) in [6.45, 7) is 8.64. The number of anilines is 2. The van der Waals surface area contributed by atoms with Gasteiger partial charge < -0.3 is 19.5 Å². The van der Waals surface area contributed by atoms with Crippen LogP contribution in [-0.2, 0) is 0 Å². The molecule has 2 saturated heterocycles. The number of thiocarbonyl (C=S) groups is 1. The summed E-state index contributed by atoms with van der Waals surface area (Å²) in [7, 11) is 0. The van der Waals surface area contributed by atoms with Crippen LogP contribution in [0.3, 0.4) is 0 Å². The molecular formula is C32H32Cl2N4OS. The molecule has 40 heavy (non-hydrogen) atoms. The number of halogens is 2. The van der Waals surface area contributed by atoms with Gasteiger partial charge in [-0.2, -0.15) is 0 Å². The Kier molecular flexibility index (Phi) is 7.51. The van der Waals surface area contributed by atoms with Crippen molar-refractivity contribution in [2.45, 2.75) is 39.3 Å². The fourth-order valence-electron chi connectivity index (χ4n) is 6.21. The van der Waals surface area contributed by atoms with Gasteiger partial charge in [0.1, 0.15) is 17.6 Å². The number of hydrogen-bond donors (Lipinski definition) is 1. The quantitative estimate of drug-likeness (QED) is 0.235. The highest BCUT2D eigenvalue weighted by molar-refractivity contribution is 7.80. The highest BCUT2D eigenvalue weighted by Crippen LogP contribution is 2.45. The molecule has 2 fully saturated rings.